The van der Waals surface area contributed by atoms with E-state index < -0.39 is 0 Å². The number of hydrogen-bond acceptors (Lipinski definition) is 5. The molecule has 1 aliphatic heterocycles. The minimum absolute atomic E-state index is 0. The van der Waals surface area contributed by atoms with E-state index in [1.807, 2.05) is 32.0 Å². The normalized spacial score (nSPS) is 14.6. The van der Waals surface area contributed by atoms with Crippen LogP contribution < -0.4 is 20.1 Å². The molecule has 2 N–H and O–H groups in total. The summed E-state index contributed by atoms with van der Waals surface area (Å²) in [4.78, 5) is 18.3. The molecular weight excluding hydrogens is 487 g/mol. The lowest BCUT2D eigenvalue weighted by atomic mass is 10.1. The number of hydrogen-bond donors (Lipinski definition) is 2. The second-order valence-electron chi connectivity index (χ2n) is 6.49. The molecule has 29 heavy (non-hydrogen) atoms. The first-order chi connectivity index (χ1) is 13.6. The molecular formula is C20H33IN4O4. The van der Waals surface area contributed by atoms with Gasteiger partial charge < -0.3 is 29.7 Å². The summed E-state index contributed by atoms with van der Waals surface area (Å²) in [6.45, 7) is 6.94. The van der Waals surface area contributed by atoms with E-state index in [2.05, 4.69) is 15.6 Å². The zero-order chi connectivity index (χ0) is 20.4. The Morgan fingerprint density at radius 1 is 1.17 bits per heavy atom. The van der Waals surface area contributed by atoms with Crippen molar-refractivity contribution in [1.29, 1.82) is 0 Å². The van der Waals surface area contributed by atoms with Crippen LogP contribution >= 0.6 is 24.0 Å². The fraction of sp³-hybridized carbons (Fsp3) is 0.600. The first-order valence-corrected chi connectivity index (χ1v) is 9.78. The molecule has 1 fully saturated rings. The Balaban J connectivity index is 0.00000420. The number of amides is 1. The maximum absolute atomic E-state index is 11.8. The van der Waals surface area contributed by atoms with Crippen LogP contribution in [-0.2, 0) is 11.3 Å². The highest BCUT2D eigenvalue weighted by molar-refractivity contribution is 14.0. The lowest BCUT2D eigenvalue weighted by Gasteiger charge is -2.32. The molecule has 1 heterocycles. The van der Waals surface area contributed by atoms with Gasteiger partial charge in [0.2, 0.25) is 0 Å². The zero-order valence-electron chi connectivity index (χ0n) is 17.7. The van der Waals surface area contributed by atoms with Crippen molar-refractivity contribution in [3.8, 4) is 11.5 Å². The van der Waals surface area contributed by atoms with Gasteiger partial charge in [0.15, 0.2) is 17.5 Å². The van der Waals surface area contributed by atoms with E-state index in [0.717, 1.165) is 30.9 Å². The minimum Gasteiger partial charge on any atom is -0.493 e. The van der Waals surface area contributed by atoms with Crippen molar-refractivity contribution in [2.75, 3.05) is 40.5 Å². The number of carbonyl (C=O) groups excluding carboxylic acids is 1. The summed E-state index contributed by atoms with van der Waals surface area (Å²) >= 11 is 0. The highest BCUT2D eigenvalue weighted by Crippen LogP contribution is 2.27. The van der Waals surface area contributed by atoms with Crippen LogP contribution in [0.25, 0.3) is 0 Å². The van der Waals surface area contributed by atoms with Crippen molar-refractivity contribution >= 4 is 36.0 Å². The predicted octanol–water partition coefficient (Wildman–Crippen LogP) is 3.00. The number of benzene rings is 1. The molecule has 9 heteroatoms. The summed E-state index contributed by atoms with van der Waals surface area (Å²) in [5, 5.41) is 6.76. The number of ether oxygens (including phenoxy) is 3. The van der Waals surface area contributed by atoms with Crippen LogP contribution in [0.2, 0.25) is 0 Å². The Hall–Kier alpha value is -1.91. The van der Waals surface area contributed by atoms with Crippen LogP contribution in [0.15, 0.2) is 23.2 Å². The standard InChI is InChI=1S/C20H32N4O4.HI/c1-5-21-19(22-14-15-7-8-17(26-3)18(13-15)27-4)23-16-9-11-24(12-10-16)20(25)28-6-2;/h7-8,13,16H,5-6,9-12,14H2,1-4H3,(H2,21,22,23);1H. The van der Waals surface area contributed by atoms with Crippen LogP contribution in [0.4, 0.5) is 4.79 Å². The molecule has 1 amide bonds. The molecule has 0 bridgehead atoms. The van der Waals surface area contributed by atoms with Crippen molar-refractivity contribution in [3.05, 3.63) is 23.8 Å². The average molecular weight is 520 g/mol. The van der Waals surface area contributed by atoms with E-state index in [1.54, 1.807) is 19.1 Å². The van der Waals surface area contributed by atoms with Gasteiger partial charge in [0.25, 0.3) is 0 Å². The van der Waals surface area contributed by atoms with Gasteiger partial charge in [0.1, 0.15) is 0 Å². The summed E-state index contributed by atoms with van der Waals surface area (Å²) in [5.41, 5.74) is 1.03. The molecule has 164 valence electrons. The third-order valence-corrected chi connectivity index (χ3v) is 4.57. The number of methoxy groups -OCH3 is 2. The molecule has 1 saturated heterocycles. The third-order valence-electron chi connectivity index (χ3n) is 4.57. The number of rotatable bonds is 7. The lowest BCUT2D eigenvalue weighted by molar-refractivity contribution is 0.0963. The molecule has 1 aromatic rings. The van der Waals surface area contributed by atoms with Crippen LogP contribution in [0.3, 0.4) is 0 Å². The van der Waals surface area contributed by atoms with Gasteiger partial charge in [0.05, 0.1) is 27.4 Å². The van der Waals surface area contributed by atoms with Gasteiger partial charge in [-0.1, -0.05) is 6.07 Å². The molecule has 0 aliphatic carbocycles. The topological polar surface area (TPSA) is 84.4 Å². The quantitative estimate of drug-likeness (QED) is 0.327. The largest absolute Gasteiger partial charge is 0.493 e. The molecule has 0 radical (unpaired) electrons. The number of aliphatic imine (C=N–C) groups is 1. The Morgan fingerprint density at radius 2 is 1.86 bits per heavy atom. The van der Waals surface area contributed by atoms with E-state index >= 15 is 0 Å². The third kappa shape index (κ3) is 7.79. The van der Waals surface area contributed by atoms with Crippen LogP contribution in [-0.4, -0.2) is 63.5 Å². The Kier molecular flexibility index (Phi) is 11.6. The first kappa shape index (κ1) is 25.1. The van der Waals surface area contributed by atoms with Crippen molar-refractivity contribution in [2.45, 2.75) is 39.3 Å². The molecule has 0 aromatic heterocycles. The number of nitrogens with zero attached hydrogens (tertiary/aromatic N) is 2. The fourth-order valence-electron chi connectivity index (χ4n) is 3.08. The SMILES string of the molecule is CCNC(=NCc1ccc(OC)c(OC)c1)NC1CCN(C(=O)OCC)CC1.I. The number of nitrogens with one attached hydrogen (secondary N) is 2. The summed E-state index contributed by atoms with van der Waals surface area (Å²) in [5.74, 6) is 2.17. The Morgan fingerprint density at radius 3 is 2.45 bits per heavy atom. The number of carbonyl (C=O) groups is 1. The van der Waals surface area contributed by atoms with Crippen LogP contribution in [0.5, 0.6) is 11.5 Å². The Bertz CT molecular complexity index is 664. The second-order valence-corrected chi connectivity index (χ2v) is 6.49. The van der Waals surface area contributed by atoms with Crippen molar-refractivity contribution in [3.63, 3.8) is 0 Å². The van der Waals surface area contributed by atoms with E-state index in [1.165, 1.54) is 0 Å². The summed E-state index contributed by atoms with van der Waals surface area (Å²) in [7, 11) is 3.25. The molecule has 0 atom stereocenters. The summed E-state index contributed by atoms with van der Waals surface area (Å²) < 4.78 is 15.7. The van der Waals surface area contributed by atoms with Gasteiger partial charge in [-0.05, 0) is 44.4 Å². The summed E-state index contributed by atoms with van der Waals surface area (Å²) in [6.07, 6.45) is 1.49. The van der Waals surface area contributed by atoms with Gasteiger partial charge in [-0.2, -0.15) is 0 Å². The number of piperidine rings is 1. The monoisotopic (exact) mass is 520 g/mol. The van der Waals surface area contributed by atoms with Crippen molar-refractivity contribution in [1.82, 2.24) is 15.5 Å². The van der Waals surface area contributed by atoms with E-state index in [9.17, 15) is 4.79 Å². The Labute approximate surface area is 190 Å². The molecule has 0 unspecified atom stereocenters. The highest BCUT2D eigenvalue weighted by Gasteiger charge is 2.24. The van der Waals surface area contributed by atoms with Crippen molar-refractivity contribution < 1.29 is 19.0 Å². The highest BCUT2D eigenvalue weighted by atomic mass is 127. The molecule has 0 saturated carbocycles. The second kappa shape index (κ2) is 13.3. The predicted molar refractivity (Wildman–Crippen MR) is 125 cm³/mol. The first-order valence-electron chi connectivity index (χ1n) is 9.78. The minimum atomic E-state index is -0.227. The van der Waals surface area contributed by atoms with Crippen LogP contribution in [0.1, 0.15) is 32.3 Å². The van der Waals surface area contributed by atoms with Gasteiger partial charge in [-0.15, -0.1) is 24.0 Å². The molecule has 2 rings (SSSR count). The van der Waals surface area contributed by atoms with Crippen molar-refractivity contribution in [2.24, 2.45) is 4.99 Å². The molecule has 0 spiro atoms. The molecule has 1 aliphatic rings. The number of likely N-dealkylation sites (tertiary alicyclic amines) is 1. The number of halogens is 1. The van der Waals surface area contributed by atoms with E-state index in [0.29, 0.717) is 37.7 Å². The lowest BCUT2D eigenvalue weighted by Crippen LogP contribution is -2.49. The summed E-state index contributed by atoms with van der Waals surface area (Å²) in [6, 6.07) is 6.07. The van der Waals surface area contributed by atoms with E-state index in [-0.39, 0.29) is 36.1 Å². The maximum Gasteiger partial charge on any atom is 0.409 e. The van der Waals surface area contributed by atoms with E-state index in [4.69, 9.17) is 14.2 Å². The van der Waals surface area contributed by atoms with Gasteiger partial charge >= 0.3 is 6.09 Å². The average Bonchev–Trinajstić information content (AvgIpc) is 2.72. The van der Waals surface area contributed by atoms with Gasteiger partial charge in [0, 0.05) is 25.7 Å². The van der Waals surface area contributed by atoms with Gasteiger partial charge in [-0.25, -0.2) is 9.79 Å². The smallest absolute Gasteiger partial charge is 0.409 e. The van der Waals surface area contributed by atoms with Gasteiger partial charge in [-0.3, -0.25) is 0 Å². The molecule has 1 aromatic carbocycles. The maximum atomic E-state index is 11.8. The number of guanidine groups is 1. The molecule has 8 nitrogen and oxygen atoms in total. The van der Waals surface area contributed by atoms with Crippen LogP contribution in [0, 0.1) is 0 Å². The fourth-order valence-corrected chi connectivity index (χ4v) is 3.08. The zero-order valence-corrected chi connectivity index (χ0v) is 20.0.